The fraction of sp³-hybridized carbons (Fsp3) is 0.714. The van der Waals surface area contributed by atoms with Gasteiger partial charge in [-0.3, -0.25) is 0 Å². The van der Waals surface area contributed by atoms with Crippen molar-refractivity contribution in [2.45, 2.75) is 32.4 Å². The molecule has 0 aliphatic rings. The zero-order chi connectivity index (χ0) is 11.0. The number of carboxylic acid groups (broad SMARTS) is 2. The Hall–Kier alpha value is -1.14. The first-order valence-corrected chi connectivity index (χ1v) is 3.72. The summed E-state index contributed by atoms with van der Waals surface area (Å²) in [5.41, 5.74) is 5.30. The van der Waals surface area contributed by atoms with Crippen LogP contribution in [0.2, 0.25) is 0 Å². The highest BCUT2D eigenvalue weighted by Gasteiger charge is 2.04. The number of rotatable bonds is 2. The summed E-state index contributed by atoms with van der Waals surface area (Å²) in [6.07, 6.45) is 0.428. The van der Waals surface area contributed by atoms with Crippen molar-refractivity contribution in [3.8, 4) is 0 Å². The van der Waals surface area contributed by atoms with E-state index >= 15 is 0 Å². The largest absolute Gasteiger partial charge is 0.473 e. The molecule has 0 heterocycles. The minimum Gasteiger partial charge on any atom is -0.473 e. The SMILES string of the molecule is CC[C@@H](O)[C@@H](C)N.O=C(O)C(=O)O. The highest BCUT2D eigenvalue weighted by molar-refractivity contribution is 6.27. The Kier molecular flexibility index (Phi) is 8.31. The number of carbonyl (C=O) groups is 2. The summed E-state index contributed by atoms with van der Waals surface area (Å²) in [5, 5.41) is 23.6. The normalized spacial score (nSPS) is 13.5. The molecule has 0 saturated heterocycles. The Morgan fingerprint density at radius 1 is 1.31 bits per heavy atom. The van der Waals surface area contributed by atoms with Gasteiger partial charge in [0.05, 0.1) is 6.10 Å². The first-order valence-electron chi connectivity index (χ1n) is 3.72. The minimum absolute atomic E-state index is 0.0787. The number of carboxylic acids is 2. The molecule has 13 heavy (non-hydrogen) atoms. The molecule has 0 amide bonds. The lowest BCUT2D eigenvalue weighted by Crippen LogP contribution is -2.30. The quantitative estimate of drug-likeness (QED) is 0.428. The van der Waals surface area contributed by atoms with Gasteiger partial charge in [-0.15, -0.1) is 0 Å². The molecular weight excluding hydrogens is 178 g/mol. The van der Waals surface area contributed by atoms with Crippen LogP contribution in [0.25, 0.3) is 0 Å². The Labute approximate surface area is 76.0 Å². The number of hydrogen-bond donors (Lipinski definition) is 4. The second kappa shape index (κ2) is 7.51. The highest BCUT2D eigenvalue weighted by atomic mass is 16.4. The van der Waals surface area contributed by atoms with E-state index in [1.165, 1.54) is 0 Å². The molecule has 0 aliphatic heterocycles. The smallest absolute Gasteiger partial charge is 0.414 e. The van der Waals surface area contributed by atoms with E-state index in [1.807, 2.05) is 6.92 Å². The average molecular weight is 193 g/mol. The second-order valence-electron chi connectivity index (χ2n) is 2.45. The van der Waals surface area contributed by atoms with Crippen LogP contribution in [0, 0.1) is 0 Å². The van der Waals surface area contributed by atoms with Crippen LogP contribution in [-0.4, -0.2) is 39.4 Å². The van der Waals surface area contributed by atoms with Gasteiger partial charge in [0.2, 0.25) is 0 Å². The Balaban J connectivity index is 0. The topological polar surface area (TPSA) is 121 Å². The summed E-state index contributed by atoms with van der Waals surface area (Å²) in [4.78, 5) is 18.2. The van der Waals surface area contributed by atoms with Crippen LogP contribution in [0.5, 0.6) is 0 Å². The molecule has 0 bridgehead atoms. The van der Waals surface area contributed by atoms with Crippen molar-refractivity contribution in [1.29, 1.82) is 0 Å². The van der Waals surface area contributed by atoms with Gasteiger partial charge in [-0.05, 0) is 13.3 Å². The molecule has 0 aliphatic carbocycles. The zero-order valence-electron chi connectivity index (χ0n) is 7.60. The molecule has 78 valence electrons. The summed E-state index contributed by atoms with van der Waals surface area (Å²) in [7, 11) is 0. The van der Waals surface area contributed by atoms with Crippen molar-refractivity contribution in [1.82, 2.24) is 0 Å². The van der Waals surface area contributed by atoms with Crippen LogP contribution in [-0.2, 0) is 9.59 Å². The van der Waals surface area contributed by atoms with Crippen molar-refractivity contribution < 1.29 is 24.9 Å². The Morgan fingerprint density at radius 3 is 1.62 bits per heavy atom. The fourth-order valence-electron chi connectivity index (χ4n) is 0.372. The monoisotopic (exact) mass is 193 g/mol. The zero-order valence-corrected chi connectivity index (χ0v) is 7.60. The van der Waals surface area contributed by atoms with Gasteiger partial charge >= 0.3 is 11.9 Å². The van der Waals surface area contributed by atoms with E-state index in [4.69, 9.17) is 30.6 Å². The summed E-state index contributed by atoms with van der Waals surface area (Å²) in [6.45, 7) is 3.71. The van der Waals surface area contributed by atoms with Gasteiger partial charge in [0.1, 0.15) is 0 Å². The van der Waals surface area contributed by atoms with Crippen LogP contribution in [0.1, 0.15) is 20.3 Å². The predicted octanol–water partition coefficient (Wildman–Crippen LogP) is -0.740. The standard InChI is InChI=1S/C5H13NO.C2H2O4/c1-3-5(7)4(2)6;3-1(4)2(5)6/h4-5,7H,3,6H2,1-2H3;(H,3,4)(H,5,6)/t4-,5-;/m1./s1. The van der Waals surface area contributed by atoms with Crippen LogP contribution in [0.15, 0.2) is 0 Å². The van der Waals surface area contributed by atoms with Crippen LogP contribution < -0.4 is 5.73 Å². The van der Waals surface area contributed by atoms with Gasteiger partial charge in [0.25, 0.3) is 0 Å². The molecule has 0 rings (SSSR count). The maximum Gasteiger partial charge on any atom is 0.414 e. The van der Waals surface area contributed by atoms with E-state index in [0.29, 0.717) is 0 Å². The maximum atomic E-state index is 9.10. The van der Waals surface area contributed by atoms with Crippen LogP contribution in [0.4, 0.5) is 0 Å². The number of aliphatic hydroxyl groups excluding tert-OH is 1. The van der Waals surface area contributed by atoms with Crippen LogP contribution >= 0.6 is 0 Å². The molecule has 6 nitrogen and oxygen atoms in total. The molecule has 0 aromatic carbocycles. The Morgan fingerprint density at radius 2 is 1.62 bits per heavy atom. The van der Waals surface area contributed by atoms with Gasteiger partial charge < -0.3 is 21.1 Å². The second-order valence-corrected chi connectivity index (χ2v) is 2.45. The van der Waals surface area contributed by atoms with Gasteiger partial charge in [0.15, 0.2) is 0 Å². The molecule has 5 N–H and O–H groups in total. The molecule has 0 aromatic heterocycles. The first kappa shape index (κ1) is 14.4. The van der Waals surface area contributed by atoms with Crippen molar-refractivity contribution in [2.24, 2.45) is 5.73 Å². The van der Waals surface area contributed by atoms with Crippen molar-refractivity contribution >= 4 is 11.9 Å². The maximum absolute atomic E-state index is 9.10. The number of nitrogens with two attached hydrogens (primary N) is 1. The summed E-state index contributed by atoms with van der Waals surface area (Å²) in [6, 6.07) is -0.0787. The molecule has 0 aromatic rings. The number of aliphatic carboxylic acids is 2. The summed E-state index contributed by atoms with van der Waals surface area (Å²) in [5.74, 6) is -3.65. The van der Waals surface area contributed by atoms with Crippen molar-refractivity contribution in [3.05, 3.63) is 0 Å². The first-order chi connectivity index (χ1) is 5.82. The molecule has 0 radical (unpaired) electrons. The lowest BCUT2D eigenvalue weighted by Gasteiger charge is -2.09. The van der Waals surface area contributed by atoms with E-state index in [0.717, 1.165) is 6.42 Å². The van der Waals surface area contributed by atoms with E-state index in [-0.39, 0.29) is 12.1 Å². The van der Waals surface area contributed by atoms with E-state index in [1.54, 1.807) is 6.92 Å². The van der Waals surface area contributed by atoms with Crippen LogP contribution in [0.3, 0.4) is 0 Å². The third-order valence-corrected chi connectivity index (χ3v) is 1.21. The third-order valence-electron chi connectivity index (χ3n) is 1.21. The van der Waals surface area contributed by atoms with Crippen molar-refractivity contribution in [2.75, 3.05) is 0 Å². The van der Waals surface area contributed by atoms with E-state index in [2.05, 4.69) is 0 Å². The predicted molar refractivity (Wildman–Crippen MR) is 45.2 cm³/mol. The van der Waals surface area contributed by atoms with Gasteiger partial charge in [0, 0.05) is 6.04 Å². The molecule has 0 spiro atoms. The van der Waals surface area contributed by atoms with Crippen molar-refractivity contribution in [3.63, 3.8) is 0 Å². The molecule has 2 atom stereocenters. The highest BCUT2D eigenvalue weighted by Crippen LogP contribution is 1.91. The van der Waals surface area contributed by atoms with Gasteiger partial charge in [-0.25, -0.2) is 9.59 Å². The van der Waals surface area contributed by atoms with E-state index < -0.39 is 11.9 Å². The molecule has 0 fully saturated rings. The number of aliphatic hydroxyl groups is 1. The van der Waals surface area contributed by atoms with Gasteiger partial charge in [-0.1, -0.05) is 6.92 Å². The third kappa shape index (κ3) is 10.9. The lowest BCUT2D eigenvalue weighted by atomic mass is 10.1. The average Bonchev–Trinajstić information content (AvgIpc) is 2.03. The molecule has 0 unspecified atom stereocenters. The Bertz CT molecular complexity index is 156. The lowest BCUT2D eigenvalue weighted by molar-refractivity contribution is -0.159. The molecular formula is C7H15NO5. The minimum atomic E-state index is -1.82. The fourth-order valence-corrected chi connectivity index (χ4v) is 0.372. The summed E-state index contributed by atoms with van der Waals surface area (Å²) >= 11 is 0. The number of hydrogen-bond acceptors (Lipinski definition) is 4. The van der Waals surface area contributed by atoms with Gasteiger partial charge in [-0.2, -0.15) is 0 Å². The molecule has 0 saturated carbocycles. The van der Waals surface area contributed by atoms with E-state index in [9.17, 15) is 0 Å². The summed E-state index contributed by atoms with van der Waals surface area (Å²) < 4.78 is 0. The molecule has 6 heteroatoms.